The van der Waals surface area contributed by atoms with E-state index in [-0.39, 0.29) is 17.8 Å². The predicted molar refractivity (Wildman–Crippen MR) is 108 cm³/mol. The number of hydrogen-bond acceptors (Lipinski definition) is 4. The molecule has 150 valence electrons. The molecule has 0 amide bonds. The van der Waals surface area contributed by atoms with E-state index in [9.17, 15) is 18.4 Å². The lowest BCUT2D eigenvalue weighted by atomic mass is 10.0. The summed E-state index contributed by atoms with van der Waals surface area (Å²) in [6, 6.07) is 12.7. The van der Waals surface area contributed by atoms with Crippen molar-refractivity contribution in [3.63, 3.8) is 0 Å². The standard InChI is InChI=1S/C22H21F2N3O2/c1-14(21(28)11-15-9-17(23)13-18(24)10-15)27-22(29)8-7-20(25-27)16-5-4-6-19(12-16)26(2)3/h4-10,12-14H,11H2,1-3H3. The third-order valence-corrected chi connectivity index (χ3v) is 4.62. The van der Waals surface area contributed by atoms with E-state index in [1.54, 1.807) is 13.0 Å². The highest BCUT2D eigenvalue weighted by molar-refractivity contribution is 5.84. The molecule has 7 heteroatoms. The zero-order valence-corrected chi connectivity index (χ0v) is 16.4. The Morgan fingerprint density at radius 3 is 2.41 bits per heavy atom. The zero-order chi connectivity index (χ0) is 21.1. The van der Waals surface area contributed by atoms with Crippen molar-refractivity contribution in [2.24, 2.45) is 0 Å². The number of anilines is 1. The van der Waals surface area contributed by atoms with E-state index in [0.29, 0.717) is 5.69 Å². The molecule has 2 aromatic carbocycles. The second-order valence-electron chi connectivity index (χ2n) is 7.04. The summed E-state index contributed by atoms with van der Waals surface area (Å²) in [5.74, 6) is -1.87. The Morgan fingerprint density at radius 1 is 1.07 bits per heavy atom. The van der Waals surface area contributed by atoms with Crippen LogP contribution in [0.15, 0.2) is 59.4 Å². The lowest BCUT2D eigenvalue weighted by molar-refractivity contribution is -0.121. The SMILES string of the molecule is CC(C(=O)Cc1cc(F)cc(F)c1)n1nc(-c2cccc(N(C)C)c2)ccc1=O. The number of Topliss-reactive ketones (excluding diaryl/α,β-unsaturated/α-hetero) is 1. The van der Waals surface area contributed by atoms with Crippen molar-refractivity contribution in [1.29, 1.82) is 0 Å². The van der Waals surface area contributed by atoms with Gasteiger partial charge in [-0.25, -0.2) is 13.5 Å². The second kappa shape index (κ2) is 8.34. The van der Waals surface area contributed by atoms with Crippen LogP contribution in [0.4, 0.5) is 14.5 Å². The van der Waals surface area contributed by atoms with Gasteiger partial charge in [0.2, 0.25) is 0 Å². The van der Waals surface area contributed by atoms with Crippen LogP contribution in [-0.2, 0) is 11.2 Å². The third kappa shape index (κ3) is 4.74. The first-order valence-electron chi connectivity index (χ1n) is 9.10. The number of benzene rings is 2. The molecule has 1 aromatic heterocycles. The Hall–Kier alpha value is -3.35. The third-order valence-electron chi connectivity index (χ3n) is 4.62. The van der Waals surface area contributed by atoms with E-state index >= 15 is 0 Å². The molecule has 0 N–H and O–H groups in total. The van der Waals surface area contributed by atoms with Crippen LogP contribution >= 0.6 is 0 Å². The van der Waals surface area contributed by atoms with Crippen LogP contribution in [0.5, 0.6) is 0 Å². The second-order valence-corrected chi connectivity index (χ2v) is 7.04. The average Bonchev–Trinajstić information content (AvgIpc) is 2.67. The van der Waals surface area contributed by atoms with Crippen molar-refractivity contribution in [1.82, 2.24) is 9.78 Å². The largest absolute Gasteiger partial charge is 0.378 e. The van der Waals surface area contributed by atoms with Gasteiger partial charge in [0, 0.05) is 43.9 Å². The van der Waals surface area contributed by atoms with Gasteiger partial charge in [-0.15, -0.1) is 0 Å². The van der Waals surface area contributed by atoms with Crippen molar-refractivity contribution in [2.45, 2.75) is 19.4 Å². The molecule has 1 unspecified atom stereocenters. The van der Waals surface area contributed by atoms with Crippen LogP contribution < -0.4 is 10.5 Å². The molecule has 5 nitrogen and oxygen atoms in total. The van der Waals surface area contributed by atoms with Crippen LogP contribution in [0.2, 0.25) is 0 Å². The molecular formula is C22H21F2N3O2. The van der Waals surface area contributed by atoms with E-state index in [1.165, 1.54) is 6.07 Å². The number of hydrogen-bond donors (Lipinski definition) is 0. The Balaban J connectivity index is 1.90. The number of ketones is 1. The minimum atomic E-state index is -0.884. The predicted octanol–water partition coefficient (Wildman–Crippen LogP) is 3.63. The smallest absolute Gasteiger partial charge is 0.267 e. The van der Waals surface area contributed by atoms with Crippen LogP contribution in [0.1, 0.15) is 18.5 Å². The first-order chi connectivity index (χ1) is 13.7. The van der Waals surface area contributed by atoms with E-state index < -0.39 is 23.2 Å². The Labute approximate surface area is 167 Å². The van der Waals surface area contributed by atoms with Gasteiger partial charge in [0.15, 0.2) is 5.78 Å². The summed E-state index contributed by atoms with van der Waals surface area (Å²) < 4.78 is 27.9. The van der Waals surface area contributed by atoms with Crippen molar-refractivity contribution in [2.75, 3.05) is 19.0 Å². The normalized spacial score (nSPS) is 11.9. The van der Waals surface area contributed by atoms with Gasteiger partial charge in [0.05, 0.1) is 5.69 Å². The summed E-state index contributed by atoms with van der Waals surface area (Å²) in [6.07, 6.45) is -0.204. The fourth-order valence-electron chi connectivity index (χ4n) is 3.00. The first kappa shape index (κ1) is 20.4. The molecule has 3 aromatic rings. The lowest BCUT2D eigenvalue weighted by Crippen LogP contribution is -2.31. The van der Waals surface area contributed by atoms with Gasteiger partial charge in [-0.3, -0.25) is 9.59 Å². The highest BCUT2D eigenvalue weighted by Gasteiger charge is 2.19. The van der Waals surface area contributed by atoms with Gasteiger partial charge in [-0.1, -0.05) is 12.1 Å². The van der Waals surface area contributed by atoms with Crippen molar-refractivity contribution in [3.8, 4) is 11.3 Å². The highest BCUT2D eigenvalue weighted by atomic mass is 19.1. The molecule has 0 fully saturated rings. The summed E-state index contributed by atoms with van der Waals surface area (Å²) in [6.45, 7) is 1.55. The summed E-state index contributed by atoms with van der Waals surface area (Å²) in [7, 11) is 3.84. The van der Waals surface area contributed by atoms with Crippen molar-refractivity contribution < 1.29 is 13.6 Å². The van der Waals surface area contributed by atoms with E-state index in [2.05, 4.69) is 5.10 Å². The fraction of sp³-hybridized carbons (Fsp3) is 0.227. The van der Waals surface area contributed by atoms with Gasteiger partial charge in [-0.2, -0.15) is 5.10 Å². The summed E-state index contributed by atoms with van der Waals surface area (Å²) in [4.78, 5) is 26.9. The number of nitrogens with zero attached hydrogens (tertiary/aromatic N) is 3. The van der Waals surface area contributed by atoms with E-state index in [1.807, 2.05) is 43.3 Å². The first-order valence-corrected chi connectivity index (χ1v) is 9.10. The molecule has 0 radical (unpaired) electrons. The molecule has 1 heterocycles. The van der Waals surface area contributed by atoms with Gasteiger partial charge in [0.25, 0.3) is 5.56 Å². The van der Waals surface area contributed by atoms with Crippen molar-refractivity contribution in [3.05, 3.63) is 82.1 Å². The molecule has 1 atom stereocenters. The lowest BCUT2D eigenvalue weighted by Gasteiger charge is -2.16. The Kier molecular flexibility index (Phi) is 5.87. The van der Waals surface area contributed by atoms with E-state index in [0.717, 1.165) is 34.1 Å². The topological polar surface area (TPSA) is 55.2 Å². The Bertz CT molecular complexity index is 1090. The minimum absolute atomic E-state index is 0.204. The summed E-state index contributed by atoms with van der Waals surface area (Å²) in [5, 5.41) is 4.36. The fourth-order valence-corrected chi connectivity index (χ4v) is 3.00. The molecular weight excluding hydrogens is 376 g/mol. The number of rotatable bonds is 6. The van der Waals surface area contributed by atoms with Crippen LogP contribution in [0, 0.1) is 11.6 Å². The number of halogens is 2. The molecule has 0 bridgehead atoms. The maximum Gasteiger partial charge on any atom is 0.267 e. The molecule has 0 spiro atoms. The number of aromatic nitrogens is 2. The Morgan fingerprint density at radius 2 is 1.76 bits per heavy atom. The zero-order valence-electron chi connectivity index (χ0n) is 16.4. The maximum absolute atomic E-state index is 13.4. The average molecular weight is 397 g/mol. The summed E-state index contributed by atoms with van der Waals surface area (Å²) >= 11 is 0. The minimum Gasteiger partial charge on any atom is -0.378 e. The quantitative estimate of drug-likeness (QED) is 0.638. The molecule has 0 aliphatic rings. The maximum atomic E-state index is 13.4. The van der Waals surface area contributed by atoms with Crippen LogP contribution in [0.3, 0.4) is 0 Å². The monoisotopic (exact) mass is 397 g/mol. The van der Waals surface area contributed by atoms with Crippen molar-refractivity contribution >= 4 is 11.5 Å². The van der Waals surface area contributed by atoms with Gasteiger partial charge in [-0.05, 0) is 42.8 Å². The van der Waals surface area contributed by atoms with Gasteiger partial charge >= 0.3 is 0 Å². The van der Waals surface area contributed by atoms with Crippen LogP contribution in [-0.4, -0.2) is 29.7 Å². The van der Waals surface area contributed by atoms with Crippen LogP contribution in [0.25, 0.3) is 11.3 Å². The molecule has 29 heavy (non-hydrogen) atoms. The molecule has 0 aliphatic carbocycles. The van der Waals surface area contributed by atoms with Gasteiger partial charge in [0.1, 0.15) is 17.7 Å². The molecule has 0 saturated heterocycles. The van der Waals surface area contributed by atoms with Gasteiger partial charge < -0.3 is 4.90 Å². The van der Waals surface area contributed by atoms with E-state index in [4.69, 9.17) is 0 Å². The molecule has 0 saturated carbocycles. The molecule has 0 aliphatic heterocycles. The molecule has 3 rings (SSSR count). The highest BCUT2D eigenvalue weighted by Crippen LogP contribution is 2.22. The number of carbonyl (C=O) groups excluding carboxylic acids is 1. The summed E-state index contributed by atoms with van der Waals surface area (Å²) in [5.41, 5.74) is 2.10. The number of carbonyl (C=O) groups is 1.